The van der Waals surface area contributed by atoms with Gasteiger partial charge in [-0.05, 0) is 24.1 Å². The molecular weight excluding hydrogens is 286 g/mol. The summed E-state index contributed by atoms with van der Waals surface area (Å²) in [6.07, 6.45) is -0.267. The predicted molar refractivity (Wildman–Crippen MR) is 92.3 cm³/mol. The molecule has 2 aromatic rings. The number of nitrogens with one attached hydrogen (secondary N) is 1. The van der Waals surface area contributed by atoms with Crippen LogP contribution in [0.1, 0.15) is 30.4 Å². The predicted octanol–water partition coefficient (Wildman–Crippen LogP) is 2.54. The van der Waals surface area contributed by atoms with E-state index in [2.05, 4.69) is 5.32 Å². The highest BCUT2D eigenvalue weighted by Gasteiger charge is 2.46. The third kappa shape index (κ3) is 3.32. The van der Waals surface area contributed by atoms with Crippen molar-refractivity contribution in [3.8, 4) is 0 Å². The van der Waals surface area contributed by atoms with E-state index < -0.39 is 12.2 Å². The molecule has 23 heavy (non-hydrogen) atoms. The maximum atomic E-state index is 11.0. The summed E-state index contributed by atoms with van der Waals surface area (Å²) in [5, 5.41) is 24.7. The smallest absolute Gasteiger partial charge is 0.0747 e. The fourth-order valence-electron chi connectivity index (χ4n) is 3.64. The van der Waals surface area contributed by atoms with Gasteiger partial charge in [0.1, 0.15) is 0 Å². The van der Waals surface area contributed by atoms with Crippen LogP contribution in [0.25, 0.3) is 0 Å². The quantitative estimate of drug-likeness (QED) is 0.768. The van der Waals surface area contributed by atoms with E-state index in [9.17, 15) is 10.2 Å². The minimum atomic E-state index is -0.593. The molecule has 1 fully saturated rings. The van der Waals surface area contributed by atoms with Gasteiger partial charge in [-0.1, -0.05) is 67.6 Å². The van der Waals surface area contributed by atoms with Crippen molar-refractivity contribution in [2.75, 3.05) is 6.54 Å². The van der Waals surface area contributed by atoms with Crippen LogP contribution < -0.4 is 5.32 Å². The molecule has 2 aromatic carbocycles. The number of hydrogen-bond acceptors (Lipinski definition) is 3. The first kappa shape index (κ1) is 16.2. The summed E-state index contributed by atoms with van der Waals surface area (Å²) >= 11 is 0. The first-order valence-electron chi connectivity index (χ1n) is 8.41. The number of hydrogen-bond donors (Lipinski definition) is 3. The van der Waals surface area contributed by atoms with Crippen molar-refractivity contribution in [3.05, 3.63) is 71.8 Å². The fraction of sp³-hybridized carbons (Fsp3) is 0.400. The molecule has 0 saturated heterocycles. The van der Waals surface area contributed by atoms with Gasteiger partial charge in [0.05, 0.1) is 12.2 Å². The molecule has 0 radical (unpaired) electrons. The Morgan fingerprint density at radius 1 is 1.00 bits per heavy atom. The second-order valence-electron chi connectivity index (χ2n) is 6.34. The lowest BCUT2D eigenvalue weighted by Gasteiger charge is -2.46. The molecule has 1 unspecified atom stereocenters. The number of aliphatic hydroxyl groups is 2. The van der Waals surface area contributed by atoms with Gasteiger partial charge in [0.25, 0.3) is 0 Å². The van der Waals surface area contributed by atoms with Gasteiger partial charge in [0.2, 0.25) is 0 Å². The van der Waals surface area contributed by atoms with E-state index in [0.29, 0.717) is 0 Å². The molecule has 1 saturated carbocycles. The summed E-state index contributed by atoms with van der Waals surface area (Å²) in [4.78, 5) is 0. The Morgan fingerprint density at radius 3 is 1.96 bits per heavy atom. The molecule has 0 aliphatic heterocycles. The summed E-state index contributed by atoms with van der Waals surface area (Å²) in [5.41, 5.74) is 2.18. The highest BCUT2D eigenvalue weighted by molar-refractivity contribution is 5.34. The standard InChI is InChI=1S/C20H25NO2/c1-2-21-17-13-16(19(17)22)20(23)18(14-9-5-3-6-10-14)15-11-7-4-8-12-15/h3-12,16-23H,2,13H2,1H3/t16?,17-,19+,20+/m1/s1. The molecule has 3 rings (SSSR count). The van der Waals surface area contributed by atoms with E-state index in [1.54, 1.807) is 0 Å². The average Bonchev–Trinajstić information content (AvgIpc) is 2.60. The molecule has 0 amide bonds. The zero-order valence-corrected chi connectivity index (χ0v) is 13.5. The van der Waals surface area contributed by atoms with Gasteiger partial charge in [0.15, 0.2) is 0 Å². The van der Waals surface area contributed by atoms with Crippen molar-refractivity contribution in [1.29, 1.82) is 0 Å². The van der Waals surface area contributed by atoms with Crippen LogP contribution in [0.3, 0.4) is 0 Å². The second kappa shape index (κ2) is 7.26. The van der Waals surface area contributed by atoms with Crippen LogP contribution in [-0.2, 0) is 0 Å². The first-order valence-corrected chi connectivity index (χ1v) is 8.41. The molecule has 0 aromatic heterocycles. The molecule has 0 heterocycles. The van der Waals surface area contributed by atoms with Gasteiger partial charge >= 0.3 is 0 Å². The Bertz CT molecular complexity index is 562. The van der Waals surface area contributed by atoms with Gasteiger partial charge < -0.3 is 15.5 Å². The minimum absolute atomic E-state index is 0.0931. The lowest BCUT2D eigenvalue weighted by atomic mass is 9.68. The highest BCUT2D eigenvalue weighted by Crippen LogP contribution is 2.39. The van der Waals surface area contributed by atoms with Gasteiger partial charge in [-0.25, -0.2) is 0 Å². The number of benzene rings is 2. The van der Waals surface area contributed by atoms with Crippen LogP contribution in [0.2, 0.25) is 0 Å². The van der Waals surface area contributed by atoms with Crippen molar-refractivity contribution in [2.24, 2.45) is 5.92 Å². The molecule has 3 N–H and O–H groups in total. The Balaban J connectivity index is 1.85. The lowest BCUT2D eigenvalue weighted by molar-refractivity contribution is -0.0815. The third-order valence-corrected chi connectivity index (χ3v) is 4.94. The summed E-state index contributed by atoms with van der Waals surface area (Å²) in [7, 11) is 0. The Hall–Kier alpha value is -1.68. The van der Waals surface area contributed by atoms with Crippen molar-refractivity contribution in [2.45, 2.75) is 37.5 Å². The van der Waals surface area contributed by atoms with Gasteiger partial charge in [-0.15, -0.1) is 0 Å². The zero-order valence-electron chi connectivity index (χ0n) is 13.5. The van der Waals surface area contributed by atoms with Crippen molar-refractivity contribution >= 4 is 0 Å². The first-order chi connectivity index (χ1) is 11.2. The van der Waals surface area contributed by atoms with Crippen molar-refractivity contribution in [1.82, 2.24) is 5.32 Å². The highest BCUT2D eigenvalue weighted by atomic mass is 16.3. The normalized spacial score (nSPS) is 25.1. The molecule has 1 aliphatic carbocycles. The van der Waals surface area contributed by atoms with Gasteiger partial charge in [-0.3, -0.25) is 0 Å². The average molecular weight is 311 g/mol. The van der Waals surface area contributed by atoms with Crippen molar-refractivity contribution < 1.29 is 10.2 Å². The minimum Gasteiger partial charge on any atom is -0.392 e. The molecule has 0 bridgehead atoms. The fourth-order valence-corrected chi connectivity index (χ4v) is 3.64. The summed E-state index contributed by atoms with van der Waals surface area (Å²) in [5.74, 6) is -0.205. The molecule has 4 atom stereocenters. The van der Waals surface area contributed by atoms with Gasteiger partial charge in [-0.2, -0.15) is 0 Å². The van der Waals surface area contributed by atoms with E-state index >= 15 is 0 Å². The Morgan fingerprint density at radius 2 is 1.52 bits per heavy atom. The maximum absolute atomic E-state index is 11.0. The van der Waals surface area contributed by atoms with E-state index in [4.69, 9.17) is 0 Å². The number of aliphatic hydroxyl groups excluding tert-OH is 2. The van der Waals surface area contributed by atoms with E-state index in [1.165, 1.54) is 0 Å². The van der Waals surface area contributed by atoms with E-state index in [0.717, 1.165) is 24.1 Å². The molecule has 122 valence electrons. The number of likely N-dealkylation sites (N-methyl/N-ethyl adjacent to an activating group) is 1. The summed E-state index contributed by atoms with van der Waals surface area (Å²) < 4.78 is 0. The lowest BCUT2D eigenvalue weighted by Crippen LogP contribution is -2.59. The van der Waals surface area contributed by atoms with Crippen LogP contribution in [-0.4, -0.2) is 35.0 Å². The Kier molecular flexibility index (Phi) is 5.11. The van der Waals surface area contributed by atoms with E-state index in [1.807, 2.05) is 67.6 Å². The van der Waals surface area contributed by atoms with Crippen LogP contribution in [0, 0.1) is 5.92 Å². The summed E-state index contributed by atoms with van der Waals surface area (Å²) in [6.45, 7) is 2.87. The monoisotopic (exact) mass is 311 g/mol. The van der Waals surface area contributed by atoms with Gasteiger partial charge in [0, 0.05) is 17.9 Å². The second-order valence-corrected chi connectivity index (χ2v) is 6.34. The molecule has 1 aliphatic rings. The SMILES string of the molecule is CCN[C@@H]1CC([C@H](O)C(c2ccccc2)c2ccccc2)[C@@H]1O. The molecule has 3 heteroatoms. The van der Waals surface area contributed by atoms with Crippen molar-refractivity contribution in [3.63, 3.8) is 0 Å². The maximum Gasteiger partial charge on any atom is 0.0747 e. The topological polar surface area (TPSA) is 52.5 Å². The largest absolute Gasteiger partial charge is 0.392 e. The van der Waals surface area contributed by atoms with Crippen LogP contribution >= 0.6 is 0 Å². The van der Waals surface area contributed by atoms with Crippen LogP contribution in [0.15, 0.2) is 60.7 Å². The molecular formula is C20H25NO2. The third-order valence-electron chi connectivity index (χ3n) is 4.94. The summed E-state index contributed by atoms with van der Waals surface area (Å²) in [6, 6.07) is 20.3. The van der Waals surface area contributed by atoms with E-state index in [-0.39, 0.29) is 17.9 Å². The zero-order chi connectivity index (χ0) is 16.2. The molecule has 0 spiro atoms. The Labute approximate surface area is 138 Å². The number of rotatable bonds is 6. The van der Waals surface area contributed by atoms with Crippen LogP contribution in [0.4, 0.5) is 0 Å². The van der Waals surface area contributed by atoms with Crippen LogP contribution in [0.5, 0.6) is 0 Å². The molecule has 3 nitrogen and oxygen atoms in total.